The Kier molecular flexibility index (Phi) is 11.9. The number of aromatic nitrogens is 6. The Balaban J connectivity index is 0.000000163. The van der Waals surface area contributed by atoms with Crippen molar-refractivity contribution in [2.24, 2.45) is 0 Å². The van der Waals surface area contributed by atoms with Crippen LogP contribution in [0.25, 0.3) is 65.4 Å². The fourth-order valence-corrected chi connectivity index (χ4v) is 5.04. The van der Waals surface area contributed by atoms with Crippen LogP contribution in [0.1, 0.15) is 0 Å². The van der Waals surface area contributed by atoms with E-state index in [4.69, 9.17) is 0 Å². The van der Waals surface area contributed by atoms with Crippen molar-refractivity contribution >= 4 is 81.0 Å². The van der Waals surface area contributed by atoms with Crippen molar-refractivity contribution in [2.75, 3.05) is 0 Å². The molecule has 0 radical (unpaired) electrons. The van der Waals surface area contributed by atoms with Crippen LogP contribution in [0.15, 0.2) is 146 Å². The molecule has 0 amide bonds. The molecule has 0 fully saturated rings. The topological polar surface area (TPSA) is 77.3 Å². The van der Waals surface area contributed by atoms with Gasteiger partial charge in [0.05, 0.1) is 33.1 Å². The summed E-state index contributed by atoms with van der Waals surface area (Å²) in [6.45, 7) is 0. The SMILES string of the molecule is F[P-](F)(F)(F)(F)F.F[P-](F)(F)(F)(F)F.[Ru].c1cnc2c(c1)ccc1cccnc12.c1cnc2c(c1)ccc1cccnc12.c1cnc2c(c1)ccc1cccnc12. The summed E-state index contributed by atoms with van der Waals surface area (Å²) in [6, 6.07) is 36.4. The molecule has 6 nitrogen and oxygen atoms in total. The molecule has 0 N–H and O–H groups in total. The number of benzene rings is 3. The third-order valence-electron chi connectivity index (χ3n) is 7.03. The zero-order chi connectivity index (χ0) is 41.0. The second kappa shape index (κ2) is 15.3. The Hall–Kier alpha value is -5.24. The van der Waals surface area contributed by atoms with Crippen molar-refractivity contribution in [3.63, 3.8) is 0 Å². The number of rotatable bonds is 0. The minimum atomic E-state index is -10.7. The summed E-state index contributed by atoms with van der Waals surface area (Å²) in [7, 11) is -21.3. The summed E-state index contributed by atoms with van der Waals surface area (Å²) in [5.41, 5.74) is 5.86. The third kappa shape index (κ3) is 15.7. The molecule has 0 saturated carbocycles. The van der Waals surface area contributed by atoms with E-state index in [1.807, 2.05) is 36.4 Å². The van der Waals surface area contributed by atoms with E-state index in [1.54, 1.807) is 37.2 Å². The summed E-state index contributed by atoms with van der Waals surface area (Å²) in [5, 5.41) is 6.83. The largest absolute Gasteiger partial charge is 0.254 e. The minimum Gasteiger partial charge on any atom is -0.254 e. The first-order chi connectivity index (χ1) is 25.7. The van der Waals surface area contributed by atoms with Crippen LogP contribution in [0.2, 0.25) is 0 Å². The van der Waals surface area contributed by atoms with E-state index in [-0.39, 0.29) is 19.5 Å². The molecule has 0 atom stereocenters. The standard InChI is InChI=1S/3C12H8N2.2F6P.Ru/c3*1-3-9-5-6-10-4-2-8-14-12(10)11(9)13-7-1;2*1-7(2,3,4,5)6;/h3*1-8H;;;/q;;;2*-1;. The van der Waals surface area contributed by atoms with Crippen LogP contribution in [0.5, 0.6) is 0 Å². The van der Waals surface area contributed by atoms with Gasteiger partial charge in [-0.05, 0) is 36.4 Å². The summed E-state index contributed by atoms with van der Waals surface area (Å²) in [4.78, 5) is 26.1. The van der Waals surface area contributed by atoms with Gasteiger partial charge < -0.3 is 0 Å². The van der Waals surface area contributed by atoms with Gasteiger partial charge in [0.2, 0.25) is 0 Å². The van der Waals surface area contributed by atoms with E-state index in [1.165, 1.54) is 0 Å². The molecular weight excluding hydrogens is 907 g/mol. The van der Waals surface area contributed by atoms with Gasteiger partial charge in [-0.2, -0.15) is 0 Å². The van der Waals surface area contributed by atoms with Crippen molar-refractivity contribution < 1.29 is 69.8 Å². The first-order valence-corrected chi connectivity index (χ1v) is 19.7. The normalized spacial score (nSPS) is 13.7. The fraction of sp³-hybridized carbons (Fsp3) is 0. The molecular formula is C36H24F12N6P2Ru-2. The maximum atomic E-state index is 9.87. The first kappa shape index (κ1) is 44.5. The zero-order valence-corrected chi connectivity index (χ0v) is 31.9. The molecule has 0 spiro atoms. The first-order valence-electron chi connectivity index (χ1n) is 15.6. The van der Waals surface area contributed by atoms with Gasteiger partial charge in [-0.15, -0.1) is 0 Å². The van der Waals surface area contributed by atoms with Crippen LogP contribution in [0.4, 0.5) is 50.4 Å². The van der Waals surface area contributed by atoms with E-state index >= 15 is 0 Å². The maximum absolute atomic E-state index is 10.7. The van der Waals surface area contributed by atoms with Gasteiger partial charge in [-0.3, -0.25) is 29.9 Å². The van der Waals surface area contributed by atoms with Crippen molar-refractivity contribution in [3.8, 4) is 0 Å². The molecule has 0 bridgehead atoms. The minimum absolute atomic E-state index is 0. The Morgan fingerprint density at radius 2 is 0.368 bits per heavy atom. The number of hydrogen-bond donors (Lipinski definition) is 0. The monoisotopic (exact) mass is 932 g/mol. The van der Waals surface area contributed by atoms with Crippen molar-refractivity contribution in [1.29, 1.82) is 0 Å². The number of hydrogen-bond acceptors (Lipinski definition) is 6. The van der Waals surface area contributed by atoms with Gasteiger partial charge in [-0.1, -0.05) is 72.8 Å². The molecule has 9 rings (SSSR count). The zero-order valence-electron chi connectivity index (χ0n) is 28.3. The summed E-state index contributed by atoms with van der Waals surface area (Å²) >= 11 is 0. The van der Waals surface area contributed by atoms with Gasteiger partial charge >= 0.3 is 66.0 Å². The molecule has 57 heavy (non-hydrogen) atoms. The fourth-order valence-electron chi connectivity index (χ4n) is 5.04. The molecule has 0 aliphatic heterocycles. The van der Waals surface area contributed by atoms with E-state index in [2.05, 4.69) is 103 Å². The van der Waals surface area contributed by atoms with Crippen LogP contribution in [-0.4, -0.2) is 29.9 Å². The van der Waals surface area contributed by atoms with E-state index in [0.717, 1.165) is 65.4 Å². The molecule has 6 heterocycles. The quantitative estimate of drug-likeness (QED) is 0.0652. The molecule has 0 aliphatic rings. The molecule has 302 valence electrons. The number of halogens is 12. The average molecular weight is 932 g/mol. The second-order valence-electron chi connectivity index (χ2n) is 11.6. The van der Waals surface area contributed by atoms with Crippen LogP contribution in [-0.2, 0) is 19.5 Å². The third-order valence-corrected chi connectivity index (χ3v) is 7.03. The molecule has 9 aromatic rings. The Morgan fingerprint density at radius 1 is 0.246 bits per heavy atom. The Morgan fingerprint density at radius 3 is 0.491 bits per heavy atom. The van der Waals surface area contributed by atoms with E-state index < -0.39 is 15.6 Å². The summed E-state index contributed by atoms with van der Waals surface area (Å²) < 4.78 is 118. The molecule has 0 unspecified atom stereocenters. The summed E-state index contributed by atoms with van der Waals surface area (Å²) in [5.74, 6) is 0. The van der Waals surface area contributed by atoms with Gasteiger partial charge in [0.1, 0.15) is 0 Å². The molecule has 0 saturated heterocycles. The maximum Gasteiger partial charge on any atom is 0.0964 e. The van der Waals surface area contributed by atoms with Crippen molar-refractivity contribution in [2.45, 2.75) is 0 Å². The van der Waals surface area contributed by atoms with E-state index in [0.29, 0.717) is 0 Å². The Labute approximate surface area is 326 Å². The molecule has 6 aromatic heterocycles. The van der Waals surface area contributed by atoms with Crippen molar-refractivity contribution in [1.82, 2.24) is 29.9 Å². The van der Waals surface area contributed by atoms with Crippen LogP contribution < -0.4 is 0 Å². The van der Waals surface area contributed by atoms with Gasteiger partial charge in [0, 0.05) is 89.0 Å². The van der Waals surface area contributed by atoms with Crippen LogP contribution in [0, 0.1) is 0 Å². The van der Waals surface area contributed by atoms with Gasteiger partial charge in [0.25, 0.3) is 0 Å². The molecule has 0 aliphatic carbocycles. The number of nitrogens with zero attached hydrogens (tertiary/aromatic N) is 6. The second-order valence-corrected chi connectivity index (χ2v) is 15.4. The van der Waals surface area contributed by atoms with E-state index in [9.17, 15) is 50.4 Å². The summed E-state index contributed by atoms with van der Waals surface area (Å²) in [6.07, 6.45) is 10.8. The van der Waals surface area contributed by atoms with Crippen LogP contribution in [0.3, 0.4) is 0 Å². The molecule has 21 heteroatoms. The van der Waals surface area contributed by atoms with Gasteiger partial charge in [-0.25, -0.2) is 0 Å². The van der Waals surface area contributed by atoms with Crippen LogP contribution >= 0.6 is 15.6 Å². The number of pyridine rings is 6. The predicted octanol–water partition coefficient (Wildman–Crippen LogP) is 15.1. The Bertz CT molecular complexity index is 2360. The number of fused-ring (bicyclic) bond motifs is 9. The average Bonchev–Trinajstić information content (AvgIpc) is 3.13. The van der Waals surface area contributed by atoms with Crippen molar-refractivity contribution in [3.05, 3.63) is 146 Å². The van der Waals surface area contributed by atoms with Gasteiger partial charge in [0.15, 0.2) is 0 Å². The predicted molar refractivity (Wildman–Crippen MR) is 198 cm³/mol. The molecule has 3 aromatic carbocycles. The smallest absolute Gasteiger partial charge is 0.0964 e.